The summed E-state index contributed by atoms with van der Waals surface area (Å²) in [4.78, 5) is 0. The predicted octanol–water partition coefficient (Wildman–Crippen LogP) is -4.09. The summed E-state index contributed by atoms with van der Waals surface area (Å²) in [6, 6.07) is -1.67. The van der Waals surface area contributed by atoms with E-state index in [0.717, 1.165) is 0 Å². The molecule has 2 aliphatic rings. The lowest BCUT2D eigenvalue weighted by Gasteiger charge is -2.44. The van der Waals surface area contributed by atoms with Gasteiger partial charge in [0.25, 0.3) is 0 Å². The highest BCUT2D eigenvalue weighted by Crippen LogP contribution is 2.26. The maximum absolute atomic E-state index is 9.92. The Balaban J connectivity index is 2.01. The number of rotatable bonds is 3. The topological polar surface area (TPSA) is 183 Å². The molecular formula is C12H26N4O5. The van der Waals surface area contributed by atoms with E-state index < -0.39 is 42.9 Å². The van der Waals surface area contributed by atoms with E-state index in [1.807, 2.05) is 0 Å². The van der Waals surface area contributed by atoms with E-state index in [2.05, 4.69) is 0 Å². The Kier molecular flexibility index (Phi) is 5.52. The summed E-state index contributed by atoms with van der Waals surface area (Å²) in [6.07, 6.45) is -4.60. The van der Waals surface area contributed by atoms with Crippen molar-refractivity contribution in [1.29, 1.82) is 0 Å². The molecular weight excluding hydrogens is 280 g/mol. The van der Waals surface area contributed by atoms with Gasteiger partial charge in [-0.2, -0.15) is 0 Å². The molecule has 0 unspecified atom stereocenters. The first-order valence-corrected chi connectivity index (χ1v) is 7.17. The molecule has 0 bridgehead atoms. The molecule has 1 heterocycles. The molecule has 21 heavy (non-hydrogen) atoms. The Morgan fingerprint density at radius 1 is 1.00 bits per heavy atom. The fourth-order valence-electron chi connectivity index (χ4n) is 2.81. The zero-order valence-electron chi connectivity index (χ0n) is 11.8. The lowest BCUT2D eigenvalue weighted by molar-refractivity contribution is -0.276. The van der Waals surface area contributed by atoms with Crippen LogP contribution < -0.4 is 22.9 Å². The molecule has 9 atom stereocenters. The lowest BCUT2D eigenvalue weighted by Crippen LogP contribution is -2.65. The van der Waals surface area contributed by atoms with Gasteiger partial charge in [-0.1, -0.05) is 0 Å². The Hall–Kier alpha value is -0.360. The highest BCUT2D eigenvalue weighted by molar-refractivity contribution is 4.95. The van der Waals surface area contributed by atoms with Crippen molar-refractivity contribution in [2.45, 2.75) is 67.8 Å². The molecule has 124 valence electrons. The van der Waals surface area contributed by atoms with Crippen LogP contribution >= 0.6 is 0 Å². The Morgan fingerprint density at radius 2 is 1.67 bits per heavy atom. The Bertz CT molecular complexity index is 348. The summed E-state index contributed by atoms with van der Waals surface area (Å²) in [5.74, 6) is 0. The molecule has 0 radical (unpaired) electrons. The largest absolute Gasteiger partial charge is 0.391 e. The standard InChI is InChI=1S/C12H26N4O5/c13-3-8-10(18)11(19)9(16)12(21-8)20-7-2-6(17)4(14)1-5(7)15/h4-12,17-19H,1-3,13-16H2/t4-,5+,6-,7+,8-,9-,10-,11-,12+/m1/s1. The molecule has 0 spiro atoms. The summed E-state index contributed by atoms with van der Waals surface area (Å²) in [7, 11) is 0. The van der Waals surface area contributed by atoms with Gasteiger partial charge in [-0.25, -0.2) is 0 Å². The van der Waals surface area contributed by atoms with E-state index in [9.17, 15) is 15.3 Å². The molecule has 2 fully saturated rings. The van der Waals surface area contributed by atoms with E-state index in [1.165, 1.54) is 0 Å². The Labute approximate surface area is 123 Å². The zero-order valence-corrected chi connectivity index (χ0v) is 11.8. The summed E-state index contributed by atoms with van der Waals surface area (Å²) in [5, 5.41) is 29.5. The van der Waals surface area contributed by atoms with Crippen molar-refractivity contribution in [2.24, 2.45) is 22.9 Å². The van der Waals surface area contributed by atoms with Crippen molar-refractivity contribution in [2.75, 3.05) is 6.54 Å². The summed E-state index contributed by atoms with van der Waals surface area (Å²) >= 11 is 0. The molecule has 9 nitrogen and oxygen atoms in total. The smallest absolute Gasteiger partial charge is 0.176 e. The third-order valence-electron chi connectivity index (χ3n) is 4.28. The van der Waals surface area contributed by atoms with Gasteiger partial charge in [0.1, 0.15) is 18.3 Å². The van der Waals surface area contributed by atoms with E-state index in [1.54, 1.807) is 0 Å². The van der Waals surface area contributed by atoms with Crippen LogP contribution in [0.4, 0.5) is 0 Å². The predicted molar refractivity (Wildman–Crippen MR) is 73.8 cm³/mol. The Morgan fingerprint density at radius 3 is 2.29 bits per heavy atom. The fourth-order valence-corrected chi connectivity index (χ4v) is 2.81. The van der Waals surface area contributed by atoms with Crippen molar-refractivity contribution < 1.29 is 24.8 Å². The van der Waals surface area contributed by atoms with Gasteiger partial charge in [0, 0.05) is 25.0 Å². The molecule has 9 heteroatoms. The van der Waals surface area contributed by atoms with E-state index in [4.69, 9.17) is 32.4 Å². The SMILES string of the molecule is NC[C@H]1O[C@H](O[C@H]2C[C@@H](O)[C@H](N)C[C@@H]2N)[C@H](N)[C@@H](O)[C@@H]1O. The maximum Gasteiger partial charge on any atom is 0.176 e. The van der Waals surface area contributed by atoms with Crippen LogP contribution in [-0.2, 0) is 9.47 Å². The highest BCUT2D eigenvalue weighted by Gasteiger charge is 2.45. The van der Waals surface area contributed by atoms with Gasteiger partial charge in [0.05, 0.1) is 18.2 Å². The van der Waals surface area contributed by atoms with E-state index in [0.29, 0.717) is 6.42 Å². The molecule has 0 aromatic carbocycles. The van der Waals surface area contributed by atoms with Crippen LogP contribution in [0.1, 0.15) is 12.8 Å². The maximum atomic E-state index is 9.92. The quantitative estimate of drug-likeness (QED) is 0.272. The average Bonchev–Trinajstić information content (AvgIpc) is 2.45. The van der Waals surface area contributed by atoms with Gasteiger partial charge in [-0.3, -0.25) is 0 Å². The molecule has 0 aromatic heterocycles. The minimum absolute atomic E-state index is 0.0228. The number of aliphatic hydroxyl groups excluding tert-OH is 3. The average molecular weight is 306 g/mol. The summed E-state index contributed by atoms with van der Waals surface area (Å²) in [5.41, 5.74) is 23.0. The van der Waals surface area contributed by atoms with E-state index >= 15 is 0 Å². The minimum atomic E-state index is -1.20. The van der Waals surface area contributed by atoms with Crippen LogP contribution in [0.15, 0.2) is 0 Å². The normalized spacial score (nSPS) is 51.9. The molecule has 1 aliphatic carbocycles. The second-order valence-electron chi connectivity index (χ2n) is 5.88. The van der Waals surface area contributed by atoms with Gasteiger partial charge in [-0.05, 0) is 6.42 Å². The van der Waals surface area contributed by atoms with Crippen molar-refractivity contribution >= 4 is 0 Å². The first kappa shape index (κ1) is 17.0. The minimum Gasteiger partial charge on any atom is -0.391 e. The molecule has 11 N–H and O–H groups in total. The van der Waals surface area contributed by atoms with Gasteiger partial charge >= 0.3 is 0 Å². The number of ether oxygens (including phenoxy) is 2. The molecule has 1 saturated heterocycles. The monoisotopic (exact) mass is 306 g/mol. The number of aliphatic hydroxyl groups is 3. The van der Waals surface area contributed by atoms with Crippen LogP contribution in [0.2, 0.25) is 0 Å². The van der Waals surface area contributed by atoms with Crippen LogP contribution in [0.25, 0.3) is 0 Å². The fraction of sp³-hybridized carbons (Fsp3) is 1.00. The number of hydrogen-bond acceptors (Lipinski definition) is 9. The van der Waals surface area contributed by atoms with Crippen molar-refractivity contribution in [3.05, 3.63) is 0 Å². The van der Waals surface area contributed by atoms with Crippen molar-refractivity contribution in [1.82, 2.24) is 0 Å². The third kappa shape index (κ3) is 3.52. The van der Waals surface area contributed by atoms with Crippen LogP contribution in [0.3, 0.4) is 0 Å². The number of hydrogen-bond donors (Lipinski definition) is 7. The summed E-state index contributed by atoms with van der Waals surface area (Å²) in [6.45, 7) is 0.0228. The first-order chi connectivity index (χ1) is 9.85. The van der Waals surface area contributed by atoms with Gasteiger partial charge in [0.15, 0.2) is 6.29 Å². The van der Waals surface area contributed by atoms with Crippen molar-refractivity contribution in [3.8, 4) is 0 Å². The highest BCUT2D eigenvalue weighted by atomic mass is 16.7. The lowest BCUT2D eigenvalue weighted by atomic mass is 9.87. The van der Waals surface area contributed by atoms with Gasteiger partial charge in [0.2, 0.25) is 0 Å². The van der Waals surface area contributed by atoms with Crippen molar-refractivity contribution in [3.63, 3.8) is 0 Å². The molecule has 0 amide bonds. The van der Waals surface area contributed by atoms with Gasteiger partial charge in [-0.15, -0.1) is 0 Å². The molecule has 1 aliphatic heterocycles. The second kappa shape index (κ2) is 6.82. The summed E-state index contributed by atoms with van der Waals surface area (Å²) < 4.78 is 11.2. The molecule has 0 aromatic rings. The van der Waals surface area contributed by atoms with Crippen LogP contribution in [0.5, 0.6) is 0 Å². The van der Waals surface area contributed by atoms with E-state index in [-0.39, 0.29) is 25.0 Å². The second-order valence-corrected chi connectivity index (χ2v) is 5.88. The number of nitrogens with two attached hydrogens (primary N) is 4. The molecule has 1 saturated carbocycles. The molecule has 2 rings (SSSR count). The van der Waals surface area contributed by atoms with Crippen LogP contribution in [0, 0.1) is 0 Å². The third-order valence-corrected chi connectivity index (χ3v) is 4.28. The zero-order chi connectivity index (χ0) is 15.7. The van der Waals surface area contributed by atoms with Gasteiger partial charge < -0.3 is 47.7 Å². The van der Waals surface area contributed by atoms with Crippen LogP contribution in [-0.4, -0.2) is 76.8 Å². The first-order valence-electron chi connectivity index (χ1n) is 7.17.